The summed E-state index contributed by atoms with van der Waals surface area (Å²) >= 11 is 0. The highest BCUT2D eigenvalue weighted by molar-refractivity contribution is 5.76. The zero-order valence-corrected chi connectivity index (χ0v) is 46.0. The summed E-state index contributed by atoms with van der Waals surface area (Å²) < 4.78 is 11.3. The van der Waals surface area contributed by atoms with Gasteiger partial charge in [0, 0.05) is 6.42 Å². The highest BCUT2D eigenvalue weighted by atomic mass is 16.7. The van der Waals surface area contributed by atoms with Gasteiger partial charge >= 0.3 is 0 Å². The van der Waals surface area contributed by atoms with Crippen molar-refractivity contribution in [3.8, 4) is 0 Å². The second kappa shape index (κ2) is 51.2. The predicted molar refractivity (Wildman–Crippen MR) is 295 cm³/mol. The van der Waals surface area contributed by atoms with E-state index in [1.54, 1.807) is 6.08 Å². The maximum absolute atomic E-state index is 13.0. The Balaban J connectivity index is 2.16. The van der Waals surface area contributed by atoms with Crippen LogP contribution in [-0.4, -0.2) is 87.5 Å². The van der Waals surface area contributed by atoms with Gasteiger partial charge in [-0.2, -0.15) is 0 Å². The maximum atomic E-state index is 13.0. The molecular formula is C61H117NO8. The van der Waals surface area contributed by atoms with Crippen molar-refractivity contribution < 1.29 is 39.8 Å². The number of allylic oxidation sites excluding steroid dienone is 3. The average Bonchev–Trinajstić information content (AvgIpc) is 3.36. The number of carbonyl (C=O) groups excluding carboxylic acids is 1. The number of unbranched alkanes of at least 4 members (excludes halogenated alkanes) is 41. The van der Waals surface area contributed by atoms with Crippen molar-refractivity contribution in [3.63, 3.8) is 0 Å². The summed E-state index contributed by atoms with van der Waals surface area (Å²) in [5.74, 6) is -0.182. The number of aliphatic hydroxyl groups excluding tert-OH is 5. The van der Waals surface area contributed by atoms with E-state index in [0.29, 0.717) is 6.42 Å². The maximum Gasteiger partial charge on any atom is 0.220 e. The first-order valence-electron chi connectivity index (χ1n) is 30.6. The van der Waals surface area contributed by atoms with Gasteiger partial charge in [-0.1, -0.05) is 289 Å². The number of ether oxygens (including phenoxy) is 2. The smallest absolute Gasteiger partial charge is 0.220 e. The topological polar surface area (TPSA) is 149 Å². The molecule has 0 aliphatic carbocycles. The molecule has 0 radical (unpaired) electrons. The number of nitrogens with one attached hydrogen (secondary N) is 1. The zero-order valence-electron chi connectivity index (χ0n) is 46.0. The normalized spacial score (nSPS) is 19.4. The van der Waals surface area contributed by atoms with E-state index in [9.17, 15) is 30.3 Å². The number of hydrogen-bond donors (Lipinski definition) is 6. The van der Waals surface area contributed by atoms with E-state index in [2.05, 4.69) is 31.3 Å². The van der Waals surface area contributed by atoms with Gasteiger partial charge in [-0.3, -0.25) is 4.79 Å². The molecule has 1 fully saturated rings. The van der Waals surface area contributed by atoms with Gasteiger partial charge in [0.25, 0.3) is 0 Å². The second-order valence-electron chi connectivity index (χ2n) is 21.5. The van der Waals surface area contributed by atoms with Crippen molar-refractivity contribution in [2.45, 2.75) is 346 Å². The Bertz CT molecular complexity index is 1150. The molecule has 7 unspecified atom stereocenters. The van der Waals surface area contributed by atoms with E-state index in [1.165, 1.54) is 244 Å². The van der Waals surface area contributed by atoms with Gasteiger partial charge in [0.2, 0.25) is 5.91 Å². The van der Waals surface area contributed by atoms with Crippen LogP contribution in [0.15, 0.2) is 24.3 Å². The standard InChI is InChI=1S/C61H117NO8/c1-3-5-7-9-11-13-15-17-19-20-21-22-23-24-25-26-27-28-29-30-31-32-33-34-35-37-38-40-42-44-46-48-50-55(64)54(53-69-61-60(68)59(67)58(66)56(52-63)70-61)62-57(65)51-49-47-45-43-41-39-36-18-16-14-12-10-8-6-4-2/h40,42,48,50,54-56,58-61,63-64,66-68H,3-39,41,43-47,49,51-53H2,1-2H3,(H,62,65)/b42-40+,50-48+. The Hall–Kier alpha value is -1.33. The molecule has 1 amide bonds. The van der Waals surface area contributed by atoms with E-state index >= 15 is 0 Å². The molecule has 414 valence electrons. The molecule has 1 saturated heterocycles. The fourth-order valence-electron chi connectivity index (χ4n) is 9.94. The number of hydrogen-bond acceptors (Lipinski definition) is 8. The minimum atomic E-state index is -1.57. The first kappa shape index (κ1) is 66.7. The lowest BCUT2D eigenvalue weighted by Gasteiger charge is -2.40. The van der Waals surface area contributed by atoms with Crippen molar-refractivity contribution in [2.24, 2.45) is 0 Å². The highest BCUT2D eigenvalue weighted by Gasteiger charge is 2.44. The third kappa shape index (κ3) is 40.1. The molecule has 9 heteroatoms. The van der Waals surface area contributed by atoms with Gasteiger partial charge in [-0.25, -0.2) is 0 Å². The summed E-state index contributed by atoms with van der Waals surface area (Å²) in [6.45, 7) is 3.80. The van der Waals surface area contributed by atoms with Gasteiger partial charge in [0.05, 0.1) is 25.4 Å². The molecular weight excluding hydrogens is 875 g/mol. The monoisotopic (exact) mass is 992 g/mol. The lowest BCUT2D eigenvalue weighted by Crippen LogP contribution is -2.60. The van der Waals surface area contributed by atoms with E-state index in [-0.39, 0.29) is 12.5 Å². The van der Waals surface area contributed by atoms with E-state index < -0.39 is 49.5 Å². The third-order valence-electron chi connectivity index (χ3n) is 14.8. The largest absolute Gasteiger partial charge is 0.394 e. The Labute approximate surface area is 432 Å². The number of carbonyl (C=O) groups is 1. The second-order valence-corrected chi connectivity index (χ2v) is 21.5. The van der Waals surface area contributed by atoms with Gasteiger partial charge < -0.3 is 40.3 Å². The van der Waals surface area contributed by atoms with Crippen molar-refractivity contribution in [1.29, 1.82) is 0 Å². The number of rotatable bonds is 53. The zero-order chi connectivity index (χ0) is 50.8. The van der Waals surface area contributed by atoms with Crippen LogP contribution >= 0.6 is 0 Å². The molecule has 0 saturated carbocycles. The van der Waals surface area contributed by atoms with Crippen LogP contribution in [0.3, 0.4) is 0 Å². The fraction of sp³-hybridized carbons (Fsp3) is 0.918. The summed E-state index contributed by atoms with van der Waals surface area (Å²) in [7, 11) is 0. The predicted octanol–water partition coefficient (Wildman–Crippen LogP) is 15.4. The summed E-state index contributed by atoms with van der Waals surface area (Å²) in [6, 6.07) is -0.818. The minimum absolute atomic E-state index is 0.182. The Kier molecular flexibility index (Phi) is 48.7. The summed E-state index contributed by atoms with van der Waals surface area (Å²) in [5.41, 5.74) is 0. The van der Waals surface area contributed by atoms with Crippen molar-refractivity contribution >= 4 is 5.91 Å². The molecule has 1 rings (SSSR count). The van der Waals surface area contributed by atoms with Gasteiger partial charge in [0.15, 0.2) is 6.29 Å². The van der Waals surface area contributed by atoms with Crippen LogP contribution in [0.5, 0.6) is 0 Å². The van der Waals surface area contributed by atoms with Crippen LogP contribution in [0.2, 0.25) is 0 Å². The Morgan fingerprint density at radius 1 is 0.471 bits per heavy atom. The molecule has 0 aromatic rings. The number of aliphatic hydroxyl groups is 5. The summed E-state index contributed by atoms with van der Waals surface area (Å²) in [6.07, 6.45) is 58.4. The molecule has 6 N–H and O–H groups in total. The quantitative estimate of drug-likeness (QED) is 0.0261. The Morgan fingerprint density at radius 3 is 1.20 bits per heavy atom. The number of amides is 1. The van der Waals surface area contributed by atoms with Crippen LogP contribution in [0, 0.1) is 0 Å². The molecule has 0 bridgehead atoms. The van der Waals surface area contributed by atoms with Crippen LogP contribution in [-0.2, 0) is 14.3 Å². The molecule has 1 heterocycles. The molecule has 0 aromatic carbocycles. The van der Waals surface area contributed by atoms with Crippen LogP contribution in [0.25, 0.3) is 0 Å². The van der Waals surface area contributed by atoms with Gasteiger partial charge in [0.1, 0.15) is 24.4 Å². The van der Waals surface area contributed by atoms with Gasteiger partial charge in [-0.05, 0) is 32.1 Å². The van der Waals surface area contributed by atoms with Crippen molar-refractivity contribution in [2.75, 3.05) is 13.2 Å². The van der Waals surface area contributed by atoms with E-state index in [4.69, 9.17) is 9.47 Å². The fourth-order valence-corrected chi connectivity index (χ4v) is 9.94. The van der Waals surface area contributed by atoms with Gasteiger partial charge in [-0.15, -0.1) is 0 Å². The first-order valence-corrected chi connectivity index (χ1v) is 30.6. The van der Waals surface area contributed by atoms with E-state index in [0.717, 1.165) is 38.5 Å². The molecule has 7 atom stereocenters. The van der Waals surface area contributed by atoms with Crippen LogP contribution in [0.4, 0.5) is 0 Å². The molecule has 1 aliphatic heterocycles. The first-order chi connectivity index (χ1) is 34.3. The van der Waals surface area contributed by atoms with Crippen LogP contribution < -0.4 is 5.32 Å². The lowest BCUT2D eigenvalue weighted by atomic mass is 9.99. The van der Waals surface area contributed by atoms with Crippen molar-refractivity contribution in [1.82, 2.24) is 5.32 Å². The molecule has 9 nitrogen and oxygen atoms in total. The third-order valence-corrected chi connectivity index (χ3v) is 14.8. The lowest BCUT2D eigenvalue weighted by molar-refractivity contribution is -0.302. The molecule has 1 aliphatic rings. The van der Waals surface area contributed by atoms with Crippen molar-refractivity contribution in [3.05, 3.63) is 24.3 Å². The summed E-state index contributed by atoms with van der Waals surface area (Å²) in [5, 5.41) is 54.5. The summed E-state index contributed by atoms with van der Waals surface area (Å²) in [4.78, 5) is 13.0. The van der Waals surface area contributed by atoms with E-state index in [1.807, 2.05) is 6.08 Å². The van der Waals surface area contributed by atoms with Crippen LogP contribution in [0.1, 0.15) is 303 Å². The average molecular weight is 993 g/mol. The molecule has 0 aromatic heterocycles. The molecule has 70 heavy (non-hydrogen) atoms. The minimum Gasteiger partial charge on any atom is -0.394 e. The molecule has 0 spiro atoms. The SMILES string of the molecule is CCCCCCCCCCCCCCCCCCCCCCCCCCCC/C=C/CC/C=C/C(O)C(COC1OC(CO)C(O)C(O)C1O)NC(=O)CCCCCCCCCCCCCCCCC. The highest BCUT2D eigenvalue weighted by Crippen LogP contribution is 2.23. The Morgan fingerprint density at radius 2 is 0.814 bits per heavy atom.